The Balaban J connectivity index is 1.97. The molecule has 0 fully saturated rings. The van der Waals surface area contributed by atoms with Crippen LogP contribution in [0, 0.1) is 5.82 Å². The molecule has 0 radical (unpaired) electrons. The number of benzene rings is 1. The number of aromatic nitrogens is 2. The minimum atomic E-state index is -0.863. The summed E-state index contributed by atoms with van der Waals surface area (Å²) in [7, 11) is 0. The number of carbonyl (C=O) groups is 1. The molecule has 1 aromatic carbocycles. The predicted octanol–water partition coefficient (Wildman–Crippen LogP) is 2.44. The first-order valence-electron chi connectivity index (χ1n) is 5.20. The van der Waals surface area contributed by atoms with Crippen LogP contribution in [-0.2, 0) is 11.2 Å². The summed E-state index contributed by atoms with van der Waals surface area (Å²) < 4.78 is 12.7. The Hall–Kier alpha value is -2.02. The van der Waals surface area contributed by atoms with E-state index in [0.29, 0.717) is 22.2 Å². The van der Waals surface area contributed by atoms with Crippen LogP contribution < -0.4 is 5.32 Å². The van der Waals surface area contributed by atoms with E-state index in [1.165, 1.54) is 23.5 Å². The number of rotatable bonds is 5. The van der Waals surface area contributed by atoms with E-state index >= 15 is 0 Å². The average Bonchev–Trinajstić information content (AvgIpc) is 2.77. The summed E-state index contributed by atoms with van der Waals surface area (Å²) in [5.74, 6) is -1.17. The summed E-state index contributed by atoms with van der Waals surface area (Å²) in [4.78, 5) is 10.4. The first kappa shape index (κ1) is 12.4. The largest absolute Gasteiger partial charge is 0.481 e. The molecule has 2 aromatic rings. The van der Waals surface area contributed by atoms with E-state index in [9.17, 15) is 9.18 Å². The molecule has 2 N–H and O–H groups in total. The Morgan fingerprint density at radius 3 is 2.72 bits per heavy atom. The fourth-order valence-corrected chi connectivity index (χ4v) is 2.04. The lowest BCUT2D eigenvalue weighted by atomic mass is 10.3. The number of hydrogen-bond donors (Lipinski definition) is 2. The van der Waals surface area contributed by atoms with Gasteiger partial charge >= 0.3 is 5.97 Å². The van der Waals surface area contributed by atoms with E-state index in [0.717, 1.165) is 0 Å². The number of hydrogen-bond acceptors (Lipinski definition) is 5. The van der Waals surface area contributed by atoms with Crippen LogP contribution in [0.15, 0.2) is 24.3 Å². The van der Waals surface area contributed by atoms with Crippen molar-refractivity contribution in [1.29, 1.82) is 0 Å². The highest BCUT2D eigenvalue weighted by atomic mass is 32.1. The van der Waals surface area contributed by atoms with E-state index in [1.807, 2.05) is 0 Å². The summed E-state index contributed by atoms with van der Waals surface area (Å²) in [6, 6.07) is 5.87. The highest BCUT2D eigenvalue weighted by Crippen LogP contribution is 2.21. The van der Waals surface area contributed by atoms with Gasteiger partial charge in [-0.15, -0.1) is 10.2 Å². The Bertz CT molecular complexity index is 541. The number of nitrogens with zero attached hydrogens (tertiary/aromatic N) is 2. The van der Waals surface area contributed by atoms with Crippen molar-refractivity contribution >= 4 is 28.1 Å². The summed E-state index contributed by atoms with van der Waals surface area (Å²) in [5.41, 5.74) is 0.706. The van der Waals surface area contributed by atoms with Crippen molar-refractivity contribution in [3.8, 4) is 0 Å². The van der Waals surface area contributed by atoms with Crippen molar-refractivity contribution < 1.29 is 14.3 Å². The van der Waals surface area contributed by atoms with Crippen molar-refractivity contribution in [2.45, 2.75) is 12.8 Å². The molecular weight excluding hydrogens is 257 g/mol. The molecule has 0 aliphatic heterocycles. The van der Waals surface area contributed by atoms with Crippen molar-refractivity contribution in [1.82, 2.24) is 10.2 Å². The van der Waals surface area contributed by atoms with E-state index in [1.54, 1.807) is 12.1 Å². The van der Waals surface area contributed by atoms with Crippen LogP contribution in [0.2, 0.25) is 0 Å². The topological polar surface area (TPSA) is 75.1 Å². The Morgan fingerprint density at radius 2 is 2.06 bits per heavy atom. The second-order valence-corrected chi connectivity index (χ2v) is 4.59. The molecule has 2 rings (SSSR count). The van der Waals surface area contributed by atoms with Crippen molar-refractivity contribution in [2.24, 2.45) is 0 Å². The fraction of sp³-hybridized carbons (Fsp3) is 0.182. The zero-order valence-electron chi connectivity index (χ0n) is 9.26. The quantitative estimate of drug-likeness (QED) is 0.870. The van der Waals surface area contributed by atoms with E-state index in [4.69, 9.17) is 5.11 Å². The van der Waals surface area contributed by atoms with E-state index in [-0.39, 0.29) is 12.2 Å². The number of aryl methyl sites for hydroxylation is 1. The number of halogens is 1. The SMILES string of the molecule is O=C(O)CCc1nnc(Nc2ccc(F)cc2)s1. The predicted molar refractivity (Wildman–Crippen MR) is 65.5 cm³/mol. The van der Waals surface area contributed by atoms with Crippen molar-refractivity contribution in [3.63, 3.8) is 0 Å². The molecule has 0 amide bonds. The van der Waals surface area contributed by atoms with Crippen LogP contribution in [0.1, 0.15) is 11.4 Å². The van der Waals surface area contributed by atoms with Gasteiger partial charge in [0.2, 0.25) is 5.13 Å². The lowest BCUT2D eigenvalue weighted by molar-refractivity contribution is -0.136. The van der Waals surface area contributed by atoms with Crippen LogP contribution >= 0.6 is 11.3 Å². The molecule has 7 heteroatoms. The average molecular weight is 267 g/mol. The van der Waals surface area contributed by atoms with Gasteiger partial charge in [0, 0.05) is 12.1 Å². The molecular formula is C11H10FN3O2S. The van der Waals surface area contributed by atoms with Gasteiger partial charge in [0.1, 0.15) is 10.8 Å². The zero-order valence-corrected chi connectivity index (χ0v) is 10.1. The van der Waals surface area contributed by atoms with Gasteiger partial charge in [-0.25, -0.2) is 4.39 Å². The third kappa shape index (κ3) is 3.49. The molecule has 94 valence electrons. The van der Waals surface area contributed by atoms with Gasteiger partial charge in [-0.2, -0.15) is 0 Å². The lowest BCUT2D eigenvalue weighted by Crippen LogP contribution is -1.96. The van der Waals surface area contributed by atoms with Crippen LogP contribution in [0.3, 0.4) is 0 Å². The number of carboxylic acid groups (broad SMARTS) is 1. The van der Waals surface area contributed by atoms with Crippen LogP contribution in [0.5, 0.6) is 0 Å². The molecule has 1 heterocycles. The van der Waals surface area contributed by atoms with Gasteiger partial charge in [0.05, 0.1) is 6.42 Å². The summed E-state index contributed by atoms with van der Waals surface area (Å²) >= 11 is 1.28. The number of aliphatic carboxylic acids is 1. The lowest BCUT2D eigenvalue weighted by Gasteiger charge is -2.00. The molecule has 0 spiro atoms. The number of anilines is 2. The monoisotopic (exact) mass is 267 g/mol. The standard InChI is InChI=1S/C11H10FN3O2S/c12-7-1-3-8(4-2-7)13-11-15-14-9(18-11)5-6-10(16)17/h1-4H,5-6H2,(H,13,15)(H,16,17). The van der Waals surface area contributed by atoms with Gasteiger partial charge in [-0.1, -0.05) is 11.3 Å². The molecule has 0 bridgehead atoms. The minimum Gasteiger partial charge on any atom is -0.481 e. The normalized spacial score (nSPS) is 10.3. The Kier molecular flexibility index (Phi) is 3.83. The molecule has 0 saturated heterocycles. The van der Waals surface area contributed by atoms with Crippen molar-refractivity contribution in [2.75, 3.05) is 5.32 Å². The van der Waals surface area contributed by atoms with E-state index < -0.39 is 5.97 Å². The number of nitrogens with one attached hydrogen (secondary N) is 1. The van der Waals surface area contributed by atoms with Crippen LogP contribution in [0.4, 0.5) is 15.2 Å². The van der Waals surface area contributed by atoms with Crippen LogP contribution in [0.25, 0.3) is 0 Å². The highest BCUT2D eigenvalue weighted by Gasteiger charge is 2.06. The molecule has 1 aromatic heterocycles. The summed E-state index contributed by atoms with van der Waals surface area (Å²) in [6.45, 7) is 0. The highest BCUT2D eigenvalue weighted by molar-refractivity contribution is 7.15. The number of carboxylic acids is 1. The van der Waals surface area contributed by atoms with Crippen molar-refractivity contribution in [3.05, 3.63) is 35.1 Å². The summed E-state index contributed by atoms with van der Waals surface area (Å²) in [6.07, 6.45) is 0.392. The van der Waals surface area contributed by atoms with E-state index in [2.05, 4.69) is 15.5 Å². The summed E-state index contributed by atoms with van der Waals surface area (Å²) in [5, 5.41) is 20.5. The fourth-order valence-electron chi connectivity index (χ4n) is 1.28. The smallest absolute Gasteiger partial charge is 0.303 e. The van der Waals surface area contributed by atoms with Gasteiger partial charge in [0.25, 0.3) is 0 Å². The molecule has 0 unspecified atom stereocenters. The zero-order chi connectivity index (χ0) is 13.0. The molecule has 5 nitrogen and oxygen atoms in total. The van der Waals surface area contributed by atoms with Gasteiger partial charge in [0.15, 0.2) is 0 Å². The van der Waals surface area contributed by atoms with Gasteiger partial charge in [-0.05, 0) is 24.3 Å². The maximum Gasteiger partial charge on any atom is 0.303 e. The Labute approximate surface area is 106 Å². The molecule has 0 aliphatic rings. The van der Waals surface area contributed by atoms with Gasteiger partial charge < -0.3 is 10.4 Å². The maximum absolute atomic E-state index is 12.7. The minimum absolute atomic E-state index is 0.0329. The second-order valence-electron chi connectivity index (χ2n) is 3.53. The molecule has 18 heavy (non-hydrogen) atoms. The second kappa shape index (κ2) is 5.54. The van der Waals surface area contributed by atoms with Crippen LogP contribution in [-0.4, -0.2) is 21.3 Å². The molecule has 0 atom stereocenters. The van der Waals surface area contributed by atoms with Gasteiger partial charge in [-0.3, -0.25) is 4.79 Å². The third-order valence-corrected chi connectivity index (χ3v) is 3.01. The molecule has 0 aliphatic carbocycles. The third-order valence-electron chi connectivity index (χ3n) is 2.12. The molecule has 0 saturated carbocycles. The Morgan fingerprint density at radius 1 is 1.33 bits per heavy atom. The first-order chi connectivity index (χ1) is 8.63. The maximum atomic E-state index is 12.7. The first-order valence-corrected chi connectivity index (χ1v) is 6.02.